The van der Waals surface area contributed by atoms with Crippen molar-refractivity contribution >= 4 is 22.9 Å². The zero-order valence-corrected chi connectivity index (χ0v) is 18.5. The number of hydrogen-bond donors (Lipinski definition) is 1. The fraction of sp³-hybridized carbons (Fsp3) is 0.458. The van der Waals surface area contributed by atoms with Crippen LogP contribution in [0.3, 0.4) is 0 Å². The predicted octanol–water partition coefficient (Wildman–Crippen LogP) is 2.98. The molecule has 2 fully saturated rings. The minimum Gasteiger partial charge on any atom is -0.487 e. The maximum absolute atomic E-state index is 13.3. The third kappa shape index (κ3) is 3.30. The maximum atomic E-state index is 13.3. The monoisotopic (exact) mass is 432 g/mol. The van der Waals surface area contributed by atoms with E-state index in [1.807, 2.05) is 0 Å². The number of nitrogens with zero attached hydrogens (tertiary/aromatic N) is 5. The van der Waals surface area contributed by atoms with Crippen LogP contribution in [0.25, 0.3) is 5.65 Å². The molecule has 1 atom stereocenters. The molecule has 1 amide bonds. The van der Waals surface area contributed by atoms with E-state index in [1.54, 1.807) is 29.2 Å². The smallest absolute Gasteiger partial charge is 0.261 e. The number of piperazine rings is 1. The van der Waals surface area contributed by atoms with Gasteiger partial charge in [0.1, 0.15) is 16.9 Å². The molecule has 0 saturated carbocycles. The highest BCUT2D eigenvalue weighted by atomic mass is 16.5. The Hall–Kier alpha value is -3.13. The van der Waals surface area contributed by atoms with Crippen LogP contribution in [0, 0.1) is 0 Å². The molecule has 3 aromatic rings. The summed E-state index contributed by atoms with van der Waals surface area (Å²) >= 11 is 0. The Balaban J connectivity index is 1.36. The zero-order chi connectivity index (χ0) is 21.9. The number of aromatic nitrogens is 3. The summed E-state index contributed by atoms with van der Waals surface area (Å²) in [5, 5.41) is 7.44. The van der Waals surface area contributed by atoms with Crippen LogP contribution in [0.1, 0.15) is 42.6 Å². The standard InChI is InChI=1S/C24H28N6O2/c1-24(2)13-16-11-19(27-23(31)18-14-26-30-8-4-6-25-22(18)30)20(12-21(16)32-24)29-10-9-28-7-3-5-17(28)15-29/h4,6,8,11-12,14,17H,3,5,7,9-10,13,15H2,1-2H3,(H,27,31)/t17-/m0/s1. The molecule has 0 aliphatic carbocycles. The van der Waals surface area contributed by atoms with Crippen molar-refractivity contribution in [1.82, 2.24) is 19.5 Å². The zero-order valence-electron chi connectivity index (χ0n) is 18.5. The number of ether oxygens (including phenoxy) is 1. The summed E-state index contributed by atoms with van der Waals surface area (Å²) in [4.78, 5) is 22.6. The first-order chi connectivity index (χ1) is 15.5. The van der Waals surface area contributed by atoms with Gasteiger partial charge in [0, 0.05) is 56.1 Å². The van der Waals surface area contributed by atoms with E-state index in [2.05, 4.69) is 51.2 Å². The summed E-state index contributed by atoms with van der Waals surface area (Å²) in [5.74, 6) is 0.729. The minimum absolute atomic E-state index is 0.197. The van der Waals surface area contributed by atoms with E-state index >= 15 is 0 Å². The molecule has 0 unspecified atom stereocenters. The Morgan fingerprint density at radius 2 is 2.16 bits per heavy atom. The molecule has 2 saturated heterocycles. The summed E-state index contributed by atoms with van der Waals surface area (Å²) < 4.78 is 7.85. The molecule has 6 rings (SSSR count). The van der Waals surface area contributed by atoms with Crippen LogP contribution in [-0.4, -0.2) is 63.2 Å². The second-order valence-corrected chi connectivity index (χ2v) is 9.69. The van der Waals surface area contributed by atoms with Gasteiger partial charge in [0.15, 0.2) is 5.65 Å². The topological polar surface area (TPSA) is 75.0 Å². The van der Waals surface area contributed by atoms with Gasteiger partial charge in [-0.25, -0.2) is 9.50 Å². The Bertz CT molecular complexity index is 1200. The van der Waals surface area contributed by atoms with Crippen LogP contribution < -0.4 is 15.0 Å². The first-order valence-electron chi connectivity index (χ1n) is 11.4. The second-order valence-electron chi connectivity index (χ2n) is 9.69. The number of hydrogen-bond acceptors (Lipinski definition) is 6. The van der Waals surface area contributed by atoms with E-state index in [4.69, 9.17) is 4.74 Å². The van der Waals surface area contributed by atoms with Crippen molar-refractivity contribution in [3.8, 4) is 5.75 Å². The fourth-order valence-electron chi connectivity index (χ4n) is 5.39. The second kappa shape index (κ2) is 7.20. The fourth-order valence-corrected chi connectivity index (χ4v) is 5.39. The molecule has 8 nitrogen and oxygen atoms in total. The highest BCUT2D eigenvalue weighted by molar-refractivity contribution is 6.09. The van der Waals surface area contributed by atoms with Crippen LogP contribution >= 0.6 is 0 Å². The average molecular weight is 433 g/mol. The molecule has 1 aromatic carbocycles. The number of carbonyl (C=O) groups excluding carboxylic acids is 1. The lowest BCUT2D eigenvalue weighted by atomic mass is 10.0. The highest BCUT2D eigenvalue weighted by Gasteiger charge is 2.35. The van der Waals surface area contributed by atoms with Gasteiger partial charge >= 0.3 is 0 Å². The van der Waals surface area contributed by atoms with Gasteiger partial charge in [0.25, 0.3) is 5.91 Å². The number of carbonyl (C=O) groups is 1. The number of nitrogens with one attached hydrogen (secondary N) is 1. The molecule has 166 valence electrons. The summed E-state index contributed by atoms with van der Waals surface area (Å²) in [6.45, 7) is 8.38. The van der Waals surface area contributed by atoms with Gasteiger partial charge in [-0.05, 0) is 45.4 Å². The highest BCUT2D eigenvalue weighted by Crippen LogP contribution is 2.42. The molecular weight excluding hydrogens is 404 g/mol. The molecule has 2 aromatic heterocycles. The van der Waals surface area contributed by atoms with E-state index in [0.29, 0.717) is 17.3 Å². The predicted molar refractivity (Wildman–Crippen MR) is 123 cm³/mol. The molecule has 8 heteroatoms. The van der Waals surface area contributed by atoms with Gasteiger partial charge in [0.05, 0.1) is 17.6 Å². The van der Waals surface area contributed by atoms with Crippen LogP contribution in [-0.2, 0) is 6.42 Å². The summed E-state index contributed by atoms with van der Waals surface area (Å²) in [6, 6.07) is 6.60. The number of fused-ring (bicyclic) bond motifs is 3. The Kier molecular flexibility index (Phi) is 4.40. The molecule has 0 radical (unpaired) electrons. The average Bonchev–Trinajstić information content (AvgIpc) is 3.47. The van der Waals surface area contributed by atoms with E-state index in [1.165, 1.54) is 19.4 Å². The molecule has 0 spiro atoms. The normalized spacial score (nSPS) is 21.9. The summed E-state index contributed by atoms with van der Waals surface area (Å²) in [7, 11) is 0. The van der Waals surface area contributed by atoms with Crippen molar-refractivity contribution < 1.29 is 9.53 Å². The molecule has 5 heterocycles. The van der Waals surface area contributed by atoms with Gasteiger partial charge in [-0.15, -0.1) is 0 Å². The molecule has 32 heavy (non-hydrogen) atoms. The van der Waals surface area contributed by atoms with Crippen molar-refractivity contribution in [3.05, 3.63) is 47.9 Å². The number of amides is 1. The summed E-state index contributed by atoms with van der Waals surface area (Å²) in [6.07, 6.45) is 8.37. The number of anilines is 2. The Morgan fingerprint density at radius 1 is 1.25 bits per heavy atom. The lowest BCUT2D eigenvalue weighted by Gasteiger charge is -2.39. The molecule has 0 bridgehead atoms. The van der Waals surface area contributed by atoms with Crippen molar-refractivity contribution in [2.75, 3.05) is 36.4 Å². The van der Waals surface area contributed by atoms with Crippen LogP contribution in [0.15, 0.2) is 36.8 Å². The number of benzene rings is 1. The number of rotatable bonds is 3. The van der Waals surface area contributed by atoms with Gasteiger partial charge in [-0.2, -0.15) is 5.10 Å². The van der Waals surface area contributed by atoms with E-state index in [-0.39, 0.29) is 11.5 Å². The minimum atomic E-state index is -0.237. The molecule has 3 aliphatic rings. The van der Waals surface area contributed by atoms with Gasteiger partial charge in [-0.1, -0.05) is 0 Å². The Morgan fingerprint density at radius 3 is 3.06 bits per heavy atom. The third-order valence-corrected chi connectivity index (χ3v) is 6.88. The largest absolute Gasteiger partial charge is 0.487 e. The van der Waals surface area contributed by atoms with E-state index in [0.717, 1.165) is 48.7 Å². The van der Waals surface area contributed by atoms with Crippen molar-refractivity contribution in [3.63, 3.8) is 0 Å². The quantitative estimate of drug-likeness (QED) is 0.686. The van der Waals surface area contributed by atoms with E-state index in [9.17, 15) is 4.79 Å². The molecule has 3 aliphatic heterocycles. The lowest BCUT2D eigenvalue weighted by Crippen LogP contribution is -2.50. The Labute approximate surface area is 187 Å². The first kappa shape index (κ1) is 19.5. The van der Waals surface area contributed by atoms with Crippen LogP contribution in [0.2, 0.25) is 0 Å². The van der Waals surface area contributed by atoms with Gasteiger partial charge in [0.2, 0.25) is 0 Å². The molecular formula is C24H28N6O2. The molecule has 1 N–H and O–H groups in total. The van der Waals surface area contributed by atoms with Crippen LogP contribution in [0.5, 0.6) is 5.75 Å². The van der Waals surface area contributed by atoms with Crippen molar-refractivity contribution in [1.29, 1.82) is 0 Å². The van der Waals surface area contributed by atoms with E-state index < -0.39 is 0 Å². The third-order valence-electron chi connectivity index (χ3n) is 6.88. The van der Waals surface area contributed by atoms with Gasteiger partial charge < -0.3 is 15.0 Å². The van der Waals surface area contributed by atoms with Crippen molar-refractivity contribution in [2.24, 2.45) is 0 Å². The summed E-state index contributed by atoms with van der Waals surface area (Å²) in [5.41, 5.74) is 3.78. The first-order valence-corrected chi connectivity index (χ1v) is 11.4. The van der Waals surface area contributed by atoms with Gasteiger partial charge in [-0.3, -0.25) is 9.69 Å². The lowest BCUT2D eigenvalue weighted by molar-refractivity contribution is 0.102. The SMILES string of the molecule is CC1(C)Cc2cc(NC(=O)c3cnn4cccnc34)c(N3CCN4CCC[C@H]4C3)cc2O1. The van der Waals surface area contributed by atoms with Crippen LogP contribution in [0.4, 0.5) is 11.4 Å². The van der Waals surface area contributed by atoms with Crippen molar-refractivity contribution in [2.45, 2.75) is 44.8 Å². The maximum Gasteiger partial charge on any atom is 0.261 e.